The van der Waals surface area contributed by atoms with E-state index in [2.05, 4.69) is 37.4 Å². The van der Waals surface area contributed by atoms with Gasteiger partial charge in [-0.05, 0) is 26.3 Å². The molecule has 3 heteroatoms. The van der Waals surface area contributed by atoms with Gasteiger partial charge in [0.05, 0.1) is 0 Å². The van der Waals surface area contributed by atoms with Crippen molar-refractivity contribution in [3.63, 3.8) is 0 Å². The minimum absolute atomic E-state index is 0.194. The molecule has 0 heterocycles. The number of halogens is 2. The molecule has 0 aromatic heterocycles. The molecule has 1 nitrogen and oxygen atoms in total. The molecule has 1 N–H and O–H groups in total. The Bertz CT molecular complexity index is 326. The minimum atomic E-state index is -0.194. The molecular weight excluding hydrogens is 241 g/mol. The molecule has 0 unspecified atom stereocenters. The third kappa shape index (κ3) is 3.97. The van der Waals surface area contributed by atoms with Gasteiger partial charge < -0.3 is 5.32 Å². The van der Waals surface area contributed by atoms with Gasteiger partial charge >= 0.3 is 0 Å². The molecule has 0 bridgehead atoms. The molecule has 1 aromatic carbocycles. The number of hydrogen-bond donors (Lipinski definition) is 1. The first-order valence-electron chi connectivity index (χ1n) is 5.43. The Morgan fingerprint density at radius 3 is 2.00 bits per heavy atom. The third-order valence-electron chi connectivity index (χ3n) is 2.59. The summed E-state index contributed by atoms with van der Waals surface area (Å²) >= 11 is 11.8. The smallest absolute Gasteiger partial charge is 0.0427 e. The van der Waals surface area contributed by atoms with Crippen LogP contribution in [0.5, 0.6) is 0 Å². The lowest BCUT2D eigenvalue weighted by Crippen LogP contribution is -2.45. The Hall–Kier alpha value is -0.240. The number of benzene rings is 1. The fourth-order valence-corrected chi connectivity index (χ4v) is 2.09. The van der Waals surface area contributed by atoms with E-state index in [4.69, 9.17) is 23.2 Å². The lowest BCUT2D eigenvalue weighted by atomic mass is 10.0. The lowest BCUT2D eigenvalue weighted by Gasteiger charge is -2.26. The van der Waals surface area contributed by atoms with Crippen molar-refractivity contribution in [1.82, 2.24) is 5.32 Å². The number of nitrogens with one attached hydrogen (secondary N) is 1. The van der Waals surface area contributed by atoms with Crippen molar-refractivity contribution < 1.29 is 0 Å². The second kappa shape index (κ2) is 5.90. The van der Waals surface area contributed by atoms with Crippen LogP contribution in [0.15, 0.2) is 18.2 Å². The molecule has 0 atom stereocenters. The zero-order valence-electron chi connectivity index (χ0n) is 10.1. The summed E-state index contributed by atoms with van der Waals surface area (Å²) in [7, 11) is 0. The molecule has 0 aliphatic heterocycles. The van der Waals surface area contributed by atoms with E-state index in [-0.39, 0.29) is 5.54 Å². The number of hydrogen-bond acceptors (Lipinski definition) is 1. The highest BCUT2D eigenvalue weighted by molar-refractivity contribution is 6.22. The van der Waals surface area contributed by atoms with Gasteiger partial charge in [-0.3, -0.25) is 0 Å². The Labute approximate surface area is 108 Å². The standard InChI is InChI=1S/C13H19Cl2N/c1-10-4-11(2)6-12(5-10)7-16-13(3,8-14)9-15/h4-6,16H,7-9H2,1-3H3. The summed E-state index contributed by atoms with van der Waals surface area (Å²) < 4.78 is 0. The zero-order valence-corrected chi connectivity index (χ0v) is 11.6. The molecule has 0 amide bonds. The van der Waals surface area contributed by atoms with Gasteiger partial charge in [0.2, 0.25) is 0 Å². The SMILES string of the molecule is Cc1cc(C)cc(CNC(C)(CCl)CCl)c1. The molecule has 16 heavy (non-hydrogen) atoms. The molecule has 0 saturated heterocycles. The first kappa shape index (κ1) is 13.8. The Morgan fingerprint density at radius 1 is 1.06 bits per heavy atom. The van der Waals surface area contributed by atoms with Gasteiger partial charge in [-0.1, -0.05) is 29.3 Å². The number of aryl methyl sites for hydroxylation is 2. The molecule has 1 aromatic rings. The number of alkyl halides is 2. The zero-order chi connectivity index (χ0) is 12.2. The second-order valence-electron chi connectivity index (χ2n) is 4.68. The molecule has 0 aliphatic carbocycles. The molecular formula is C13H19Cl2N. The van der Waals surface area contributed by atoms with Gasteiger partial charge in [0.15, 0.2) is 0 Å². The first-order valence-corrected chi connectivity index (χ1v) is 6.50. The summed E-state index contributed by atoms with van der Waals surface area (Å²) in [6.45, 7) is 7.06. The van der Waals surface area contributed by atoms with E-state index in [1.165, 1.54) is 16.7 Å². The van der Waals surface area contributed by atoms with Crippen LogP contribution < -0.4 is 5.32 Å². The predicted molar refractivity (Wildman–Crippen MR) is 72.6 cm³/mol. The average Bonchev–Trinajstić information content (AvgIpc) is 2.25. The average molecular weight is 260 g/mol. The van der Waals surface area contributed by atoms with E-state index in [1.807, 2.05) is 6.92 Å². The van der Waals surface area contributed by atoms with Gasteiger partial charge in [0.1, 0.15) is 0 Å². The molecule has 90 valence electrons. The largest absolute Gasteiger partial charge is 0.305 e. The Morgan fingerprint density at radius 2 is 1.56 bits per heavy atom. The fourth-order valence-electron chi connectivity index (χ4n) is 1.62. The maximum absolute atomic E-state index is 5.89. The molecule has 0 aliphatic rings. The van der Waals surface area contributed by atoms with Gasteiger partial charge in [0, 0.05) is 23.8 Å². The van der Waals surface area contributed by atoms with E-state index in [0.29, 0.717) is 11.8 Å². The van der Waals surface area contributed by atoms with Crippen molar-refractivity contribution >= 4 is 23.2 Å². The van der Waals surface area contributed by atoms with Gasteiger partial charge in [-0.15, -0.1) is 23.2 Å². The van der Waals surface area contributed by atoms with E-state index in [1.54, 1.807) is 0 Å². The normalized spacial score (nSPS) is 11.8. The highest BCUT2D eigenvalue weighted by atomic mass is 35.5. The summed E-state index contributed by atoms with van der Waals surface area (Å²) in [4.78, 5) is 0. The monoisotopic (exact) mass is 259 g/mol. The van der Waals surface area contributed by atoms with E-state index >= 15 is 0 Å². The Balaban J connectivity index is 2.67. The van der Waals surface area contributed by atoms with Crippen LogP contribution in [0.1, 0.15) is 23.6 Å². The van der Waals surface area contributed by atoms with Gasteiger partial charge in [0.25, 0.3) is 0 Å². The summed E-state index contributed by atoms with van der Waals surface area (Å²) in [5.41, 5.74) is 3.66. The van der Waals surface area contributed by atoms with E-state index < -0.39 is 0 Å². The molecule has 0 fully saturated rings. The molecule has 0 radical (unpaired) electrons. The van der Waals surface area contributed by atoms with Crippen molar-refractivity contribution in [3.8, 4) is 0 Å². The van der Waals surface area contributed by atoms with Crippen molar-refractivity contribution in [2.45, 2.75) is 32.9 Å². The van der Waals surface area contributed by atoms with Crippen LogP contribution in [0.25, 0.3) is 0 Å². The van der Waals surface area contributed by atoms with Crippen LogP contribution in [0.4, 0.5) is 0 Å². The second-order valence-corrected chi connectivity index (χ2v) is 5.21. The Kier molecular flexibility index (Phi) is 5.10. The summed E-state index contributed by atoms with van der Waals surface area (Å²) in [5, 5.41) is 3.40. The third-order valence-corrected chi connectivity index (χ3v) is 3.77. The predicted octanol–water partition coefficient (Wildman–Crippen LogP) is 3.63. The van der Waals surface area contributed by atoms with Crippen molar-refractivity contribution in [2.75, 3.05) is 11.8 Å². The van der Waals surface area contributed by atoms with Crippen LogP contribution in [0.3, 0.4) is 0 Å². The van der Waals surface area contributed by atoms with Crippen LogP contribution >= 0.6 is 23.2 Å². The van der Waals surface area contributed by atoms with E-state index in [9.17, 15) is 0 Å². The van der Waals surface area contributed by atoms with Crippen LogP contribution in [-0.4, -0.2) is 17.3 Å². The molecule has 1 rings (SSSR count). The van der Waals surface area contributed by atoms with Crippen LogP contribution in [-0.2, 0) is 6.54 Å². The molecule has 0 spiro atoms. The molecule has 0 saturated carbocycles. The first-order chi connectivity index (χ1) is 7.49. The van der Waals surface area contributed by atoms with Crippen molar-refractivity contribution in [3.05, 3.63) is 34.9 Å². The summed E-state index contributed by atoms with van der Waals surface area (Å²) in [5.74, 6) is 1.03. The highest BCUT2D eigenvalue weighted by Gasteiger charge is 2.20. The van der Waals surface area contributed by atoms with Gasteiger partial charge in [-0.25, -0.2) is 0 Å². The van der Waals surface area contributed by atoms with Crippen molar-refractivity contribution in [2.24, 2.45) is 0 Å². The van der Waals surface area contributed by atoms with E-state index in [0.717, 1.165) is 6.54 Å². The number of rotatable bonds is 5. The summed E-state index contributed by atoms with van der Waals surface area (Å²) in [6.07, 6.45) is 0. The quantitative estimate of drug-likeness (QED) is 0.797. The lowest BCUT2D eigenvalue weighted by molar-refractivity contribution is 0.435. The van der Waals surface area contributed by atoms with Crippen molar-refractivity contribution in [1.29, 1.82) is 0 Å². The maximum atomic E-state index is 5.89. The summed E-state index contributed by atoms with van der Waals surface area (Å²) in [6, 6.07) is 6.54. The highest BCUT2D eigenvalue weighted by Crippen LogP contribution is 2.13. The topological polar surface area (TPSA) is 12.0 Å². The van der Waals surface area contributed by atoms with Crippen LogP contribution in [0, 0.1) is 13.8 Å². The maximum Gasteiger partial charge on any atom is 0.0427 e. The van der Waals surface area contributed by atoms with Crippen LogP contribution in [0.2, 0.25) is 0 Å². The minimum Gasteiger partial charge on any atom is -0.305 e. The van der Waals surface area contributed by atoms with Gasteiger partial charge in [-0.2, -0.15) is 0 Å². The fraction of sp³-hybridized carbons (Fsp3) is 0.538.